The molecular formula is C11H19N3O2S. The molecule has 2 aliphatic heterocycles. The molecule has 0 spiro atoms. The van der Waals surface area contributed by atoms with Crippen molar-refractivity contribution < 1.29 is 9.59 Å². The molecule has 1 unspecified atom stereocenters. The minimum absolute atomic E-state index is 0.0793. The first kappa shape index (κ1) is 12.7. The smallest absolute Gasteiger partial charge is 0.279 e. The van der Waals surface area contributed by atoms with Gasteiger partial charge in [-0.2, -0.15) is 0 Å². The molecule has 2 aliphatic rings. The Labute approximate surface area is 106 Å². The van der Waals surface area contributed by atoms with E-state index >= 15 is 0 Å². The molecule has 2 rings (SSSR count). The highest BCUT2D eigenvalue weighted by molar-refractivity contribution is 8.14. The van der Waals surface area contributed by atoms with Crippen LogP contribution in [0.2, 0.25) is 0 Å². The van der Waals surface area contributed by atoms with Crippen LogP contribution in [0, 0.1) is 0 Å². The van der Waals surface area contributed by atoms with Crippen molar-refractivity contribution in [1.29, 1.82) is 0 Å². The van der Waals surface area contributed by atoms with Gasteiger partial charge in [0, 0.05) is 24.9 Å². The Balaban J connectivity index is 1.99. The number of hydrogen-bond donors (Lipinski definition) is 2. The van der Waals surface area contributed by atoms with Crippen molar-refractivity contribution in [2.24, 2.45) is 0 Å². The van der Waals surface area contributed by atoms with Gasteiger partial charge in [0.2, 0.25) is 5.91 Å². The fourth-order valence-electron chi connectivity index (χ4n) is 2.34. The Morgan fingerprint density at radius 3 is 2.94 bits per heavy atom. The van der Waals surface area contributed by atoms with Crippen LogP contribution in [-0.2, 0) is 4.79 Å². The van der Waals surface area contributed by atoms with Crippen LogP contribution in [0.15, 0.2) is 0 Å². The number of hydrogen-bond acceptors (Lipinski definition) is 4. The Morgan fingerprint density at radius 1 is 1.59 bits per heavy atom. The molecule has 2 fully saturated rings. The van der Waals surface area contributed by atoms with E-state index in [0.29, 0.717) is 11.8 Å². The molecule has 6 heteroatoms. The van der Waals surface area contributed by atoms with E-state index in [-0.39, 0.29) is 17.2 Å². The Kier molecular flexibility index (Phi) is 4.28. The van der Waals surface area contributed by atoms with Crippen LogP contribution in [0.1, 0.15) is 19.8 Å². The molecule has 2 atom stereocenters. The summed E-state index contributed by atoms with van der Waals surface area (Å²) in [5.74, 6) is 0.650. The van der Waals surface area contributed by atoms with Crippen molar-refractivity contribution in [2.45, 2.75) is 31.8 Å². The minimum Gasteiger partial charge on any atom is -0.337 e. The van der Waals surface area contributed by atoms with Crippen LogP contribution in [-0.4, -0.2) is 53.5 Å². The quantitative estimate of drug-likeness (QED) is 0.766. The monoisotopic (exact) mass is 257 g/mol. The maximum atomic E-state index is 12.3. The van der Waals surface area contributed by atoms with Crippen LogP contribution in [0.3, 0.4) is 0 Å². The zero-order valence-corrected chi connectivity index (χ0v) is 10.9. The molecule has 2 N–H and O–H groups in total. The van der Waals surface area contributed by atoms with Gasteiger partial charge in [-0.3, -0.25) is 9.59 Å². The molecule has 2 saturated heterocycles. The topological polar surface area (TPSA) is 61.4 Å². The fourth-order valence-corrected chi connectivity index (χ4v) is 3.11. The van der Waals surface area contributed by atoms with E-state index in [1.54, 1.807) is 0 Å². The summed E-state index contributed by atoms with van der Waals surface area (Å²) in [4.78, 5) is 25.4. The van der Waals surface area contributed by atoms with Crippen LogP contribution >= 0.6 is 11.8 Å². The Bertz CT molecular complexity index is 305. The van der Waals surface area contributed by atoms with E-state index in [4.69, 9.17) is 0 Å². The van der Waals surface area contributed by atoms with Gasteiger partial charge in [0.25, 0.3) is 5.24 Å². The van der Waals surface area contributed by atoms with Gasteiger partial charge in [-0.1, -0.05) is 18.7 Å². The lowest BCUT2D eigenvalue weighted by atomic mass is 10.1. The maximum Gasteiger partial charge on any atom is 0.279 e. The van der Waals surface area contributed by atoms with Crippen LogP contribution in [0.5, 0.6) is 0 Å². The molecule has 0 aromatic heterocycles. The van der Waals surface area contributed by atoms with Crippen molar-refractivity contribution in [1.82, 2.24) is 15.5 Å². The molecule has 0 saturated carbocycles. The number of carbonyl (C=O) groups excluding carboxylic acids is 2. The van der Waals surface area contributed by atoms with Gasteiger partial charge in [-0.15, -0.1) is 0 Å². The van der Waals surface area contributed by atoms with Gasteiger partial charge in [0.05, 0.1) is 0 Å². The number of nitrogens with zero attached hydrogens (tertiary/aromatic N) is 1. The van der Waals surface area contributed by atoms with Crippen molar-refractivity contribution in [2.75, 3.05) is 25.4 Å². The molecule has 0 aromatic carbocycles. The van der Waals surface area contributed by atoms with Crippen molar-refractivity contribution >= 4 is 22.9 Å². The highest BCUT2D eigenvalue weighted by Gasteiger charge is 2.34. The molecule has 5 nitrogen and oxygen atoms in total. The average Bonchev–Trinajstić information content (AvgIpc) is 2.95. The zero-order valence-electron chi connectivity index (χ0n) is 10.1. The Morgan fingerprint density at radius 2 is 2.41 bits per heavy atom. The van der Waals surface area contributed by atoms with Crippen molar-refractivity contribution in [3.05, 3.63) is 0 Å². The third kappa shape index (κ3) is 2.93. The summed E-state index contributed by atoms with van der Waals surface area (Å²) in [5.41, 5.74) is 0. The first-order valence-electron chi connectivity index (χ1n) is 6.17. The lowest BCUT2D eigenvalue weighted by Gasteiger charge is -2.30. The van der Waals surface area contributed by atoms with Gasteiger partial charge < -0.3 is 15.5 Å². The lowest BCUT2D eigenvalue weighted by molar-refractivity contribution is -0.134. The minimum atomic E-state index is -0.320. The number of nitrogens with one attached hydrogen (secondary N) is 2. The normalized spacial score (nSPS) is 28.2. The molecule has 2 amide bonds. The van der Waals surface area contributed by atoms with E-state index in [9.17, 15) is 9.59 Å². The van der Waals surface area contributed by atoms with Crippen LogP contribution < -0.4 is 10.6 Å². The molecule has 0 aliphatic carbocycles. The summed E-state index contributed by atoms with van der Waals surface area (Å²) in [5, 5.41) is 5.93. The van der Waals surface area contributed by atoms with E-state index < -0.39 is 0 Å². The van der Waals surface area contributed by atoms with Gasteiger partial charge in [0.1, 0.15) is 6.04 Å². The van der Waals surface area contributed by atoms with Gasteiger partial charge >= 0.3 is 0 Å². The number of rotatable bonds is 4. The first-order chi connectivity index (χ1) is 8.22. The van der Waals surface area contributed by atoms with Crippen molar-refractivity contribution in [3.8, 4) is 0 Å². The molecule has 96 valence electrons. The molecule has 2 heterocycles. The highest BCUT2D eigenvalue weighted by atomic mass is 32.2. The van der Waals surface area contributed by atoms with Crippen LogP contribution in [0.25, 0.3) is 0 Å². The second kappa shape index (κ2) is 5.73. The maximum absolute atomic E-state index is 12.3. The highest BCUT2D eigenvalue weighted by Crippen LogP contribution is 2.18. The van der Waals surface area contributed by atoms with Gasteiger partial charge in [-0.05, 0) is 19.4 Å². The van der Waals surface area contributed by atoms with E-state index in [2.05, 4.69) is 17.6 Å². The Hall–Kier alpha value is -0.750. The number of amides is 2. The second-order valence-electron chi connectivity index (χ2n) is 4.47. The predicted molar refractivity (Wildman–Crippen MR) is 68.1 cm³/mol. The molecular weight excluding hydrogens is 238 g/mol. The van der Waals surface area contributed by atoms with Crippen LogP contribution in [0.4, 0.5) is 4.79 Å². The summed E-state index contributed by atoms with van der Waals surface area (Å²) in [6.07, 6.45) is 1.97. The summed E-state index contributed by atoms with van der Waals surface area (Å²) in [6, 6.07) is -0.0235. The van der Waals surface area contributed by atoms with Gasteiger partial charge in [-0.25, -0.2) is 0 Å². The van der Waals surface area contributed by atoms with E-state index in [1.807, 2.05) is 4.90 Å². The third-order valence-electron chi connectivity index (χ3n) is 3.19. The van der Waals surface area contributed by atoms with E-state index in [1.165, 1.54) is 11.8 Å². The molecule has 17 heavy (non-hydrogen) atoms. The largest absolute Gasteiger partial charge is 0.337 e. The molecule has 0 radical (unpaired) electrons. The lowest BCUT2D eigenvalue weighted by Crippen LogP contribution is -2.50. The second-order valence-corrected chi connectivity index (χ2v) is 5.47. The molecule has 0 bridgehead atoms. The third-order valence-corrected chi connectivity index (χ3v) is 4.07. The van der Waals surface area contributed by atoms with Crippen molar-refractivity contribution in [3.63, 3.8) is 0 Å². The molecule has 0 aromatic rings. The standard InChI is InChI=1S/C11H19N3O2S/c1-2-5-14(8-3-4-12-6-8)10(15)9-7-17-11(16)13-9/h8-9,12H,2-7H2,1H3,(H,13,16)/t8?,9-/m0/s1. The SMILES string of the molecule is CCCN(C(=O)[C@@H]1CSC(=O)N1)C1CCNC1. The summed E-state index contributed by atoms with van der Waals surface area (Å²) in [7, 11) is 0. The predicted octanol–water partition coefficient (Wildman–Crippen LogP) is 0.412. The number of carbonyl (C=O) groups is 2. The van der Waals surface area contributed by atoms with E-state index in [0.717, 1.165) is 32.5 Å². The average molecular weight is 257 g/mol. The summed E-state index contributed by atoms with van der Waals surface area (Å²) in [6.45, 7) is 4.70. The zero-order chi connectivity index (χ0) is 12.3. The van der Waals surface area contributed by atoms with Gasteiger partial charge in [0.15, 0.2) is 0 Å². The fraction of sp³-hybridized carbons (Fsp3) is 0.818. The number of thioether (sulfide) groups is 1. The summed E-state index contributed by atoms with van der Waals surface area (Å²) < 4.78 is 0. The first-order valence-corrected chi connectivity index (χ1v) is 7.15. The summed E-state index contributed by atoms with van der Waals surface area (Å²) >= 11 is 1.20.